The van der Waals surface area contributed by atoms with Crippen LogP contribution in [0, 0.1) is 6.92 Å². The first kappa shape index (κ1) is 28.0. The number of thiophene rings is 1. The molecule has 11 heteroatoms. The van der Waals surface area contributed by atoms with Gasteiger partial charge >= 0.3 is 6.18 Å². The van der Waals surface area contributed by atoms with Gasteiger partial charge in [0.05, 0.1) is 15.8 Å². The molecule has 4 aromatic rings. The van der Waals surface area contributed by atoms with E-state index in [4.69, 9.17) is 0 Å². The monoisotopic (exact) mass is 591 g/mol. The Morgan fingerprint density at radius 3 is 2.55 bits per heavy atom. The lowest BCUT2D eigenvalue weighted by atomic mass is 10.0. The molecule has 7 nitrogen and oxygen atoms in total. The molecule has 2 fully saturated rings. The van der Waals surface area contributed by atoms with E-state index >= 15 is 0 Å². The Morgan fingerprint density at radius 2 is 1.81 bits per heavy atom. The van der Waals surface area contributed by atoms with E-state index in [0.29, 0.717) is 47.5 Å². The van der Waals surface area contributed by atoms with E-state index in [1.165, 1.54) is 6.07 Å². The van der Waals surface area contributed by atoms with Crippen molar-refractivity contribution in [3.63, 3.8) is 0 Å². The number of hydrogen-bond acceptors (Lipinski definition) is 8. The van der Waals surface area contributed by atoms with E-state index in [2.05, 4.69) is 44.4 Å². The number of rotatable bonds is 9. The summed E-state index contributed by atoms with van der Waals surface area (Å²) in [6, 6.07) is 10.3. The van der Waals surface area contributed by atoms with Crippen LogP contribution in [-0.2, 0) is 6.18 Å². The molecule has 2 aliphatic rings. The predicted octanol–water partition coefficient (Wildman–Crippen LogP) is 7.17. The third-order valence-electron chi connectivity index (χ3n) is 7.49. The Kier molecular flexibility index (Phi) is 7.54. The predicted molar refractivity (Wildman–Crippen MR) is 167 cm³/mol. The number of aryl methyl sites for hydroxylation is 1. The van der Waals surface area contributed by atoms with Gasteiger partial charge in [0.1, 0.15) is 12.1 Å². The van der Waals surface area contributed by atoms with Gasteiger partial charge in [0.25, 0.3) is 0 Å². The summed E-state index contributed by atoms with van der Waals surface area (Å²) in [6.45, 7) is 13.1. The number of aromatic nitrogens is 2. The molecular weight excluding hydrogens is 559 g/mol. The summed E-state index contributed by atoms with van der Waals surface area (Å²) in [5.41, 5.74) is 5.51. The van der Waals surface area contributed by atoms with Crippen molar-refractivity contribution < 1.29 is 13.2 Å². The molecule has 1 aliphatic heterocycles. The van der Waals surface area contributed by atoms with Crippen molar-refractivity contribution in [2.24, 2.45) is 0 Å². The number of benzene rings is 2. The highest BCUT2D eigenvalue weighted by Gasteiger charge is 2.32. The fourth-order valence-corrected chi connectivity index (χ4v) is 5.94. The third-order valence-corrected chi connectivity index (χ3v) is 8.47. The lowest BCUT2D eigenvalue weighted by Gasteiger charge is -2.30. The minimum absolute atomic E-state index is 0.377. The molecule has 0 bridgehead atoms. The highest BCUT2D eigenvalue weighted by Crippen LogP contribution is 2.37. The Bertz CT molecular complexity index is 1650. The number of anilines is 4. The van der Waals surface area contributed by atoms with Gasteiger partial charge in [0.15, 0.2) is 0 Å². The van der Waals surface area contributed by atoms with Crippen molar-refractivity contribution in [1.29, 1.82) is 0 Å². The number of nitrogens with zero attached hydrogens (tertiary/aromatic N) is 3. The highest BCUT2D eigenvalue weighted by atomic mass is 32.1. The number of piperazine rings is 1. The van der Waals surface area contributed by atoms with Crippen molar-refractivity contribution in [1.82, 2.24) is 15.3 Å². The van der Waals surface area contributed by atoms with E-state index in [1.54, 1.807) is 23.7 Å². The van der Waals surface area contributed by atoms with Gasteiger partial charge in [0.2, 0.25) is 0 Å². The average Bonchev–Trinajstić information content (AvgIpc) is 3.68. The van der Waals surface area contributed by atoms with E-state index in [-0.39, 0.29) is 0 Å². The first-order valence-corrected chi connectivity index (χ1v) is 14.7. The zero-order valence-electron chi connectivity index (χ0n) is 23.2. The second kappa shape index (κ2) is 11.3. The molecule has 218 valence electrons. The standard InChI is InChI=1S/C31H32F3N7S/c1-18-4-5-24(38-19(2)21-12-22(31(32,33)34)14-25(13-21)41-10-8-35-9-11-41)15-27(18)39-20(3)26-16-42-29-28(26)36-17-37-30(29)40-23-6-7-23/h4-5,12-17,23,35,38-39H,2-3,6-11H2,1H3,(H,36,37,40). The maximum absolute atomic E-state index is 13.8. The van der Waals surface area contributed by atoms with Gasteiger partial charge < -0.3 is 26.2 Å². The second-order valence-corrected chi connectivity index (χ2v) is 11.6. The van der Waals surface area contributed by atoms with Crippen LogP contribution in [0.25, 0.3) is 21.6 Å². The molecule has 0 unspecified atom stereocenters. The van der Waals surface area contributed by atoms with E-state index in [0.717, 1.165) is 64.8 Å². The van der Waals surface area contributed by atoms with E-state index < -0.39 is 11.7 Å². The summed E-state index contributed by atoms with van der Waals surface area (Å²) in [7, 11) is 0. The zero-order chi connectivity index (χ0) is 29.4. The van der Waals surface area contributed by atoms with Gasteiger partial charge in [-0.25, -0.2) is 9.97 Å². The molecule has 0 amide bonds. The van der Waals surface area contributed by atoms with Gasteiger partial charge in [-0.2, -0.15) is 13.2 Å². The van der Waals surface area contributed by atoms with Gasteiger partial charge in [0, 0.05) is 71.6 Å². The van der Waals surface area contributed by atoms with Crippen LogP contribution < -0.4 is 26.2 Å². The fraction of sp³-hybridized carbons (Fsp3) is 0.290. The summed E-state index contributed by atoms with van der Waals surface area (Å²) in [6.07, 6.45) is -0.594. The van der Waals surface area contributed by atoms with Gasteiger partial charge in [-0.3, -0.25) is 0 Å². The third kappa shape index (κ3) is 6.07. The topological polar surface area (TPSA) is 77.1 Å². The van der Waals surface area contributed by atoms with Crippen molar-refractivity contribution in [3.05, 3.63) is 83.5 Å². The SMILES string of the molecule is C=C(Nc1ccc(C)c(NC(=C)c2csc3c(NC4CC4)ncnc23)c1)c1cc(N2CCNCC2)cc(C(F)(F)F)c1. The van der Waals surface area contributed by atoms with Crippen LogP contribution in [0.5, 0.6) is 0 Å². The first-order chi connectivity index (χ1) is 20.2. The number of halogens is 3. The molecule has 2 aromatic carbocycles. The summed E-state index contributed by atoms with van der Waals surface area (Å²) < 4.78 is 42.4. The van der Waals surface area contributed by atoms with E-state index in [1.807, 2.05) is 35.4 Å². The summed E-state index contributed by atoms with van der Waals surface area (Å²) in [4.78, 5) is 10.9. The maximum atomic E-state index is 13.8. The Balaban J connectivity index is 1.22. The minimum atomic E-state index is -4.47. The summed E-state index contributed by atoms with van der Waals surface area (Å²) >= 11 is 1.58. The fourth-order valence-electron chi connectivity index (χ4n) is 4.95. The molecule has 6 rings (SSSR count). The van der Waals surface area contributed by atoms with Crippen molar-refractivity contribution in [2.75, 3.05) is 47.0 Å². The second-order valence-electron chi connectivity index (χ2n) is 10.7. The molecule has 2 aromatic heterocycles. The quantitative estimate of drug-likeness (QED) is 0.164. The molecule has 0 radical (unpaired) electrons. The summed E-state index contributed by atoms with van der Waals surface area (Å²) in [5, 5.41) is 15.4. The molecule has 42 heavy (non-hydrogen) atoms. The molecule has 1 saturated heterocycles. The van der Waals surface area contributed by atoms with E-state index in [9.17, 15) is 13.2 Å². The zero-order valence-corrected chi connectivity index (χ0v) is 24.1. The van der Waals surface area contributed by atoms with Crippen LogP contribution in [0.15, 0.2) is 61.3 Å². The summed E-state index contributed by atoms with van der Waals surface area (Å²) in [5.74, 6) is 0.849. The van der Waals surface area contributed by atoms with Crippen LogP contribution in [0.1, 0.15) is 35.1 Å². The smallest absolute Gasteiger partial charge is 0.369 e. The van der Waals surface area contributed by atoms with Crippen LogP contribution >= 0.6 is 11.3 Å². The molecule has 1 aliphatic carbocycles. The molecular formula is C31H32F3N7S. The molecule has 0 atom stereocenters. The van der Waals surface area contributed by atoms with Gasteiger partial charge in [-0.1, -0.05) is 19.2 Å². The Morgan fingerprint density at radius 1 is 1.02 bits per heavy atom. The normalized spacial score (nSPS) is 15.5. The molecule has 0 spiro atoms. The van der Waals surface area contributed by atoms with Crippen molar-refractivity contribution >= 4 is 55.8 Å². The van der Waals surface area contributed by atoms with Gasteiger partial charge in [-0.15, -0.1) is 11.3 Å². The number of hydrogen-bond donors (Lipinski definition) is 4. The Labute approximate surface area is 246 Å². The number of alkyl halides is 3. The van der Waals surface area contributed by atoms with Crippen LogP contribution in [0.3, 0.4) is 0 Å². The lowest BCUT2D eigenvalue weighted by Crippen LogP contribution is -2.43. The van der Waals surface area contributed by atoms with Crippen molar-refractivity contribution in [3.8, 4) is 0 Å². The first-order valence-electron chi connectivity index (χ1n) is 13.9. The Hall–Kier alpha value is -4.09. The molecule has 4 N–H and O–H groups in total. The molecule has 3 heterocycles. The van der Waals surface area contributed by atoms with Crippen LogP contribution in [0.4, 0.5) is 36.1 Å². The van der Waals surface area contributed by atoms with Gasteiger partial charge in [-0.05, 0) is 61.2 Å². The van der Waals surface area contributed by atoms with Crippen LogP contribution in [0.2, 0.25) is 0 Å². The van der Waals surface area contributed by atoms with Crippen LogP contribution in [-0.4, -0.2) is 42.2 Å². The highest BCUT2D eigenvalue weighted by molar-refractivity contribution is 7.18. The number of fused-ring (bicyclic) bond motifs is 1. The lowest BCUT2D eigenvalue weighted by molar-refractivity contribution is -0.137. The average molecular weight is 592 g/mol. The molecule has 1 saturated carbocycles. The maximum Gasteiger partial charge on any atom is 0.416 e. The van der Waals surface area contributed by atoms with Crippen molar-refractivity contribution in [2.45, 2.75) is 32.0 Å². The minimum Gasteiger partial charge on any atom is -0.369 e. The number of nitrogens with one attached hydrogen (secondary N) is 4. The largest absolute Gasteiger partial charge is 0.416 e.